The molecule has 0 spiro atoms. The van der Waals surface area contributed by atoms with E-state index in [1.165, 1.54) is 6.20 Å². The van der Waals surface area contributed by atoms with Gasteiger partial charge < -0.3 is 19.3 Å². The highest BCUT2D eigenvalue weighted by Crippen LogP contribution is 2.30. The molecule has 2 atom stereocenters. The van der Waals surface area contributed by atoms with Crippen molar-refractivity contribution in [2.45, 2.75) is 17.7 Å². The molecular weight excluding hydrogens is 412 g/mol. The van der Waals surface area contributed by atoms with Crippen molar-refractivity contribution in [2.24, 2.45) is 5.92 Å². The fourth-order valence-corrected chi connectivity index (χ4v) is 3.87. The number of aromatic nitrogens is 2. The summed E-state index contributed by atoms with van der Waals surface area (Å²) >= 11 is -1.03. The van der Waals surface area contributed by atoms with Crippen LogP contribution in [-0.2, 0) is 22.3 Å². The first-order valence-corrected chi connectivity index (χ1v) is 11.5. The number of pyridine rings is 2. The monoisotopic (exact) mass is 434 g/mol. The first-order chi connectivity index (χ1) is 15.1. The maximum atomic E-state index is 11.6. The van der Waals surface area contributed by atoms with Crippen molar-refractivity contribution in [1.82, 2.24) is 9.97 Å². The van der Waals surface area contributed by atoms with Gasteiger partial charge >= 0.3 is 0 Å². The zero-order valence-electron chi connectivity index (χ0n) is 17.1. The summed E-state index contributed by atoms with van der Waals surface area (Å²) in [6.07, 6.45) is 6.66. The van der Waals surface area contributed by atoms with Gasteiger partial charge in [0.1, 0.15) is 23.9 Å². The maximum Gasteiger partial charge on any atom is 0.222 e. The molecule has 1 N–H and O–H groups in total. The van der Waals surface area contributed by atoms with Crippen molar-refractivity contribution in [3.8, 4) is 17.7 Å². The number of benzene rings is 1. The lowest BCUT2D eigenvalue weighted by molar-refractivity contribution is 0.185. The second-order valence-corrected chi connectivity index (χ2v) is 8.70. The van der Waals surface area contributed by atoms with Gasteiger partial charge in [0.2, 0.25) is 5.88 Å². The van der Waals surface area contributed by atoms with Crippen LogP contribution in [0.3, 0.4) is 0 Å². The van der Waals surface area contributed by atoms with Gasteiger partial charge in [-0.25, -0.2) is 9.97 Å². The Hall–Kier alpha value is -3.12. The number of hydrogen-bond donors (Lipinski definition) is 1. The molecule has 0 amide bonds. The van der Waals surface area contributed by atoms with Crippen LogP contribution < -0.4 is 10.1 Å². The molecule has 7 nitrogen and oxygen atoms in total. The van der Waals surface area contributed by atoms with Gasteiger partial charge in [0.25, 0.3) is 0 Å². The highest BCUT2D eigenvalue weighted by Gasteiger charge is 2.20. The van der Waals surface area contributed by atoms with Crippen LogP contribution in [0.4, 0.5) is 11.5 Å². The molecule has 31 heavy (non-hydrogen) atoms. The van der Waals surface area contributed by atoms with Crippen molar-refractivity contribution in [3.05, 3.63) is 66.0 Å². The number of rotatable bonds is 7. The predicted molar refractivity (Wildman–Crippen MR) is 118 cm³/mol. The largest absolute Gasteiger partial charge is 0.612 e. The molecule has 4 rings (SSSR count). The van der Waals surface area contributed by atoms with Crippen molar-refractivity contribution >= 4 is 22.7 Å². The summed E-state index contributed by atoms with van der Waals surface area (Å²) in [5.41, 5.74) is 2.26. The molecule has 0 aliphatic carbocycles. The van der Waals surface area contributed by atoms with E-state index in [0.29, 0.717) is 28.9 Å². The van der Waals surface area contributed by atoms with Gasteiger partial charge in [-0.3, -0.25) is 0 Å². The first kappa shape index (κ1) is 21.1. The molecule has 2 unspecified atom stereocenters. The summed E-state index contributed by atoms with van der Waals surface area (Å²) in [6.45, 7) is 1.50. The van der Waals surface area contributed by atoms with Gasteiger partial charge in [-0.1, -0.05) is 0 Å². The van der Waals surface area contributed by atoms with E-state index in [1.807, 2.05) is 6.07 Å². The SMILES string of the molecule is C[S+]([O-])c1ccc(Oc2ncc(Nc3ccc(C#N)cn3)cc2CC2CCOC2)cc1. The lowest BCUT2D eigenvalue weighted by Crippen LogP contribution is -2.07. The van der Waals surface area contributed by atoms with Gasteiger partial charge in [0.15, 0.2) is 4.90 Å². The van der Waals surface area contributed by atoms with Crippen LogP contribution in [-0.4, -0.2) is 34.0 Å². The smallest absolute Gasteiger partial charge is 0.222 e. The van der Waals surface area contributed by atoms with Gasteiger partial charge in [-0.05, 0) is 72.4 Å². The molecule has 1 fully saturated rings. The molecule has 1 aromatic carbocycles. The average Bonchev–Trinajstić information content (AvgIpc) is 3.29. The van der Waals surface area contributed by atoms with E-state index >= 15 is 0 Å². The van der Waals surface area contributed by atoms with Crippen LogP contribution in [0.25, 0.3) is 0 Å². The lowest BCUT2D eigenvalue weighted by atomic mass is 9.99. The molecule has 0 saturated carbocycles. The van der Waals surface area contributed by atoms with E-state index < -0.39 is 11.2 Å². The third-order valence-electron chi connectivity index (χ3n) is 4.99. The van der Waals surface area contributed by atoms with E-state index in [9.17, 15) is 4.55 Å². The zero-order chi connectivity index (χ0) is 21.6. The fourth-order valence-electron chi connectivity index (χ4n) is 3.35. The van der Waals surface area contributed by atoms with E-state index in [4.69, 9.17) is 14.7 Å². The summed E-state index contributed by atoms with van der Waals surface area (Å²) in [6, 6.07) is 14.7. The Labute approximate surface area is 184 Å². The second kappa shape index (κ2) is 9.79. The maximum absolute atomic E-state index is 11.6. The molecule has 1 aliphatic heterocycles. The van der Waals surface area contributed by atoms with Crippen LogP contribution >= 0.6 is 0 Å². The van der Waals surface area contributed by atoms with E-state index in [2.05, 4.69) is 21.4 Å². The molecule has 1 saturated heterocycles. The van der Waals surface area contributed by atoms with Crippen LogP contribution in [0.5, 0.6) is 11.6 Å². The highest BCUT2D eigenvalue weighted by atomic mass is 32.2. The average molecular weight is 435 g/mol. The van der Waals surface area contributed by atoms with Gasteiger partial charge in [0.05, 0.1) is 17.4 Å². The Morgan fingerprint density at radius 3 is 2.71 bits per heavy atom. The van der Waals surface area contributed by atoms with E-state index in [0.717, 1.165) is 42.2 Å². The number of nitrogens with one attached hydrogen (secondary N) is 1. The lowest BCUT2D eigenvalue weighted by Gasteiger charge is -2.15. The molecular formula is C23H22N4O3S. The standard InChI is InChI=1S/C23H22N4O3S/c1-31(28)21-5-3-20(4-6-21)30-23-18(10-16-8-9-29-15-16)11-19(14-26-23)27-22-7-2-17(12-24)13-25-22/h2-7,11,13-14,16H,8-10,15H2,1H3,(H,25,27). The van der Waals surface area contributed by atoms with Crippen molar-refractivity contribution in [3.63, 3.8) is 0 Å². The summed E-state index contributed by atoms with van der Waals surface area (Å²) in [5, 5.41) is 12.2. The van der Waals surface area contributed by atoms with Crippen molar-refractivity contribution < 1.29 is 14.0 Å². The molecule has 2 aromatic heterocycles. The number of hydrogen-bond acceptors (Lipinski definition) is 7. The Bertz CT molecular complexity index is 1060. The summed E-state index contributed by atoms with van der Waals surface area (Å²) in [7, 11) is 0. The second-order valence-electron chi connectivity index (χ2n) is 7.32. The van der Waals surface area contributed by atoms with Crippen LogP contribution in [0, 0.1) is 17.2 Å². The molecule has 8 heteroatoms. The van der Waals surface area contributed by atoms with Gasteiger partial charge in [0, 0.05) is 25.0 Å². The van der Waals surface area contributed by atoms with E-state index in [1.54, 1.807) is 48.9 Å². The van der Waals surface area contributed by atoms with Gasteiger partial charge in [-0.2, -0.15) is 5.26 Å². The molecule has 0 bridgehead atoms. The molecule has 0 radical (unpaired) electrons. The number of nitrogens with zero attached hydrogens (tertiary/aromatic N) is 3. The number of ether oxygens (including phenoxy) is 2. The fraction of sp³-hybridized carbons (Fsp3) is 0.261. The minimum absolute atomic E-state index is 0.414. The zero-order valence-corrected chi connectivity index (χ0v) is 17.9. The minimum atomic E-state index is -1.03. The van der Waals surface area contributed by atoms with Gasteiger partial charge in [-0.15, -0.1) is 0 Å². The summed E-state index contributed by atoms with van der Waals surface area (Å²) < 4.78 is 23.2. The number of anilines is 2. The van der Waals surface area contributed by atoms with E-state index in [-0.39, 0.29) is 0 Å². The Morgan fingerprint density at radius 2 is 2.06 bits per heavy atom. The molecule has 3 heterocycles. The Kier molecular flexibility index (Phi) is 6.67. The Balaban J connectivity index is 1.56. The van der Waals surface area contributed by atoms with Crippen LogP contribution in [0.1, 0.15) is 17.5 Å². The quantitative estimate of drug-likeness (QED) is 0.556. The predicted octanol–water partition coefficient (Wildman–Crippen LogP) is 4.20. The first-order valence-electron chi connectivity index (χ1n) is 9.92. The Morgan fingerprint density at radius 1 is 1.23 bits per heavy atom. The van der Waals surface area contributed by atoms with Crippen LogP contribution in [0.15, 0.2) is 59.8 Å². The van der Waals surface area contributed by atoms with Crippen LogP contribution in [0.2, 0.25) is 0 Å². The normalized spacial score (nSPS) is 16.5. The summed E-state index contributed by atoms with van der Waals surface area (Å²) in [5.74, 6) is 2.22. The minimum Gasteiger partial charge on any atom is -0.612 e. The third-order valence-corrected chi connectivity index (χ3v) is 5.93. The molecule has 3 aromatic rings. The van der Waals surface area contributed by atoms with Crippen molar-refractivity contribution in [1.29, 1.82) is 5.26 Å². The molecule has 1 aliphatic rings. The number of nitriles is 1. The molecule has 158 valence electrons. The van der Waals surface area contributed by atoms with Crippen molar-refractivity contribution in [2.75, 3.05) is 24.8 Å². The summed E-state index contributed by atoms with van der Waals surface area (Å²) in [4.78, 5) is 9.54. The topological polar surface area (TPSA) is 103 Å². The highest BCUT2D eigenvalue weighted by molar-refractivity contribution is 7.90. The third kappa shape index (κ3) is 5.52.